The molecule has 28 heavy (non-hydrogen) atoms. The van der Waals surface area contributed by atoms with Gasteiger partial charge in [-0.25, -0.2) is 0 Å². The van der Waals surface area contributed by atoms with Gasteiger partial charge in [0.15, 0.2) is 5.96 Å². The Balaban J connectivity index is 1.50. The monoisotopic (exact) mass is 407 g/mol. The van der Waals surface area contributed by atoms with E-state index in [1.807, 2.05) is 19.2 Å². The molecule has 0 atom stereocenters. The van der Waals surface area contributed by atoms with Crippen molar-refractivity contribution in [2.24, 2.45) is 4.99 Å². The summed E-state index contributed by atoms with van der Waals surface area (Å²) in [5, 5.41) is 4.45. The standard InChI is InChI=1S/C21H34ClN5O/c1-23-20(24-17-21(25(2)3)7-13-28-14-8-21)27-11-9-26(10-12-27)16-18-5-4-6-19(22)15-18/h4-6,15H,7-14,16-17H2,1-3H3,(H,23,24). The van der Waals surface area contributed by atoms with Crippen LogP contribution in [-0.4, -0.2) is 93.3 Å². The molecule has 7 heteroatoms. The first-order valence-corrected chi connectivity index (χ1v) is 10.6. The van der Waals surface area contributed by atoms with Gasteiger partial charge >= 0.3 is 0 Å². The van der Waals surface area contributed by atoms with Gasteiger partial charge in [-0.05, 0) is 44.6 Å². The van der Waals surface area contributed by atoms with Gasteiger partial charge in [0.05, 0.1) is 0 Å². The minimum atomic E-state index is 0.141. The van der Waals surface area contributed by atoms with E-state index in [1.54, 1.807) is 0 Å². The van der Waals surface area contributed by atoms with Gasteiger partial charge in [-0.15, -0.1) is 0 Å². The number of rotatable bonds is 5. The molecule has 2 heterocycles. The number of halogens is 1. The molecule has 0 unspecified atom stereocenters. The maximum Gasteiger partial charge on any atom is 0.193 e. The first-order valence-electron chi connectivity index (χ1n) is 10.2. The molecule has 1 aromatic carbocycles. The molecule has 2 saturated heterocycles. The Morgan fingerprint density at radius 1 is 1.21 bits per heavy atom. The van der Waals surface area contributed by atoms with Crippen LogP contribution in [0.2, 0.25) is 5.02 Å². The second kappa shape index (κ2) is 9.92. The van der Waals surface area contributed by atoms with Crippen LogP contribution < -0.4 is 5.32 Å². The van der Waals surface area contributed by atoms with Crippen LogP contribution in [0.25, 0.3) is 0 Å². The number of nitrogens with zero attached hydrogens (tertiary/aromatic N) is 4. The van der Waals surface area contributed by atoms with E-state index in [1.165, 1.54) is 5.56 Å². The lowest BCUT2D eigenvalue weighted by atomic mass is 9.88. The van der Waals surface area contributed by atoms with E-state index >= 15 is 0 Å². The number of likely N-dealkylation sites (N-methyl/N-ethyl adjacent to an activating group) is 1. The lowest BCUT2D eigenvalue weighted by Gasteiger charge is -2.44. The normalized spacial score (nSPS) is 21.2. The van der Waals surface area contributed by atoms with Gasteiger partial charge in [0.25, 0.3) is 0 Å². The lowest BCUT2D eigenvalue weighted by Crippen LogP contribution is -2.59. The maximum absolute atomic E-state index is 6.12. The highest BCUT2D eigenvalue weighted by molar-refractivity contribution is 6.30. The second-order valence-electron chi connectivity index (χ2n) is 8.03. The van der Waals surface area contributed by atoms with E-state index in [0.29, 0.717) is 0 Å². The van der Waals surface area contributed by atoms with Crippen molar-refractivity contribution in [3.05, 3.63) is 34.9 Å². The van der Waals surface area contributed by atoms with E-state index < -0.39 is 0 Å². The fraction of sp³-hybridized carbons (Fsp3) is 0.667. The fourth-order valence-electron chi connectivity index (χ4n) is 4.12. The van der Waals surface area contributed by atoms with Crippen molar-refractivity contribution in [1.82, 2.24) is 20.0 Å². The van der Waals surface area contributed by atoms with Crippen LogP contribution in [0.3, 0.4) is 0 Å². The predicted molar refractivity (Wildman–Crippen MR) is 116 cm³/mol. The van der Waals surface area contributed by atoms with Gasteiger partial charge in [0.1, 0.15) is 0 Å². The summed E-state index contributed by atoms with van der Waals surface area (Å²) in [4.78, 5) is 11.8. The van der Waals surface area contributed by atoms with Gasteiger partial charge in [-0.2, -0.15) is 0 Å². The quantitative estimate of drug-likeness (QED) is 0.598. The highest BCUT2D eigenvalue weighted by atomic mass is 35.5. The van der Waals surface area contributed by atoms with Gasteiger partial charge < -0.3 is 19.9 Å². The van der Waals surface area contributed by atoms with Gasteiger partial charge in [-0.1, -0.05) is 23.7 Å². The summed E-state index contributed by atoms with van der Waals surface area (Å²) in [5.74, 6) is 1.01. The zero-order valence-corrected chi connectivity index (χ0v) is 18.2. The van der Waals surface area contributed by atoms with Crippen molar-refractivity contribution < 1.29 is 4.74 Å². The molecular weight excluding hydrogens is 374 g/mol. The zero-order chi connectivity index (χ0) is 20.0. The molecule has 2 aliphatic rings. The molecule has 0 amide bonds. The minimum absolute atomic E-state index is 0.141. The third kappa shape index (κ3) is 5.38. The molecule has 0 spiro atoms. The van der Waals surface area contributed by atoms with Crippen molar-refractivity contribution in [2.45, 2.75) is 24.9 Å². The van der Waals surface area contributed by atoms with Crippen molar-refractivity contribution >= 4 is 17.6 Å². The molecule has 0 radical (unpaired) electrons. The van der Waals surface area contributed by atoms with Crippen LogP contribution in [0.1, 0.15) is 18.4 Å². The molecule has 156 valence electrons. The van der Waals surface area contributed by atoms with Crippen molar-refractivity contribution in [3.8, 4) is 0 Å². The number of guanidine groups is 1. The summed E-state index contributed by atoms with van der Waals surface area (Å²) in [6, 6.07) is 8.16. The molecule has 2 fully saturated rings. The average molecular weight is 408 g/mol. The molecule has 0 saturated carbocycles. The highest BCUT2D eigenvalue weighted by Crippen LogP contribution is 2.25. The average Bonchev–Trinajstić information content (AvgIpc) is 2.70. The Kier molecular flexibility index (Phi) is 7.57. The maximum atomic E-state index is 6.12. The third-order valence-electron chi connectivity index (χ3n) is 6.13. The van der Waals surface area contributed by atoms with E-state index in [-0.39, 0.29) is 5.54 Å². The molecule has 1 aromatic rings. The van der Waals surface area contributed by atoms with Crippen LogP contribution in [0.4, 0.5) is 0 Å². The lowest BCUT2D eigenvalue weighted by molar-refractivity contribution is -0.00535. The fourth-order valence-corrected chi connectivity index (χ4v) is 4.33. The van der Waals surface area contributed by atoms with Crippen LogP contribution in [-0.2, 0) is 11.3 Å². The Labute approximate surface area is 174 Å². The topological polar surface area (TPSA) is 43.3 Å². The molecule has 6 nitrogen and oxygen atoms in total. The largest absolute Gasteiger partial charge is 0.381 e. The first-order chi connectivity index (χ1) is 13.5. The van der Waals surface area contributed by atoms with Crippen LogP contribution in [0.5, 0.6) is 0 Å². The molecule has 0 aromatic heterocycles. The Morgan fingerprint density at radius 3 is 2.54 bits per heavy atom. The molecule has 1 N–H and O–H groups in total. The summed E-state index contributed by atoms with van der Waals surface area (Å²) in [7, 11) is 6.22. The van der Waals surface area contributed by atoms with Crippen LogP contribution in [0, 0.1) is 0 Å². The first kappa shape index (κ1) is 21.4. The highest BCUT2D eigenvalue weighted by Gasteiger charge is 2.35. The summed E-state index contributed by atoms with van der Waals surface area (Å²) in [6.07, 6.45) is 2.11. The van der Waals surface area contributed by atoms with E-state index in [0.717, 1.165) is 76.3 Å². The van der Waals surface area contributed by atoms with E-state index in [9.17, 15) is 0 Å². The number of hydrogen-bond donors (Lipinski definition) is 1. The van der Waals surface area contributed by atoms with Crippen LogP contribution in [0.15, 0.2) is 29.3 Å². The SMILES string of the molecule is CN=C(NCC1(N(C)C)CCOCC1)N1CCN(Cc2cccc(Cl)c2)CC1. The third-order valence-corrected chi connectivity index (χ3v) is 6.36. The molecule has 2 aliphatic heterocycles. The molecule has 0 bridgehead atoms. The summed E-state index contributed by atoms with van der Waals surface area (Å²) in [5.41, 5.74) is 1.42. The smallest absolute Gasteiger partial charge is 0.193 e. The summed E-state index contributed by atoms with van der Waals surface area (Å²) in [6.45, 7) is 7.54. The zero-order valence-electron chi connectivity index (χ0n) is 17.5. The minimum Gasteiger partial charge on any atom is -0.381 e. The number of piperazine rings is 1. The van der Waals surface area contributed by atoms with Crippen LogP contribution >= 0.6 is 11.6 Å². The van der Waals surface area contributed by atoms with E-state index in [4.69, 9.17) is 16.3 Å². The second-order valence-corrected chi connectivity index (χ2v) is 8.46. The Bertz CT molecular complexity index is 652. The Hall–Kier alpha value is -1.34. The molecule has 0 aliphatic carbocycles. The number of ether oxygens (including phenoxy) is 1. The summed E-state index contributed by atoms with van der Waals surface area (Å²) >= 11 is 6.12. The van der Waals surface area contributed by atoms with E-state index in [2.05, 4.69) is 51.2 Å². The van der Waals surface area contributed by atoms with Crippen molar-refractivity contribution in [3.63, 3.8) is 0 Å². The van der Waals surface area contributed by atoms with Crippen molar-refractivity contribution in [2.75, 3.05) is 67.1 Å². The summed E-state index contributed by atoms with van der Waals surface area (Å²) < 4.78 is 5.58. The predicted octanol–water partition coefficient (Wildman–Crippen LogP) is 2.14. The van der Waals surface area contributed by atoms with Gasteiger partial charge in [0, 0.05) is 70.1 Å². The Morgan fingerprint density at radius 2 is 1.93 bits per heavy atom. The van der Waals surface area contributed by atoms with Gasteiger partial charge in [0.2, 0.25) is 0 Å². The van der Waals surface area contributed by atoms with Gasteiger partial charge in [-0.3, -0.25) is 9.89 Å². The molecule has 3 rings (SSSR count). The number of nitrogens with one attached hydrogen (secondary N) is 1. The number of benzene rings is 1. The number of aliphatic imine (C=N–C) groups is 1. The molecular formula is C21H34ClN5O. The number of hydrogen-bond acceptors (Lipinski definition) is 4. The van der Waals surface area contributed by atoms with Crippen molar-refractivity contribution in [1.29, 1.82) is 0 Å².